The van der Waals surface area contributed by atoms with E-state index in [2.05, 4.69) is 20.5 Å². The molecule has 2 heterocycles. The van der Waals surface area contributed by atoms with Crippen molar-refractivity contribution >= 4 is 28.5 Å². The van der Waals surface area contributed by atoms with Crippen LogP contribution in [0.1, 0.15) is 12.0 Å². The Bertz CT molecular complexity index is 783. The van der Waals surface area contributed by atoms with E-state index in [1.807, 2.05) is 35.0 Å². The molecule has 1 aromatic carbocycles. The van der Waals surface area contributed by atoms with Gasteiger partial charge in [-0.3, -0.25) is 5.43 Å². The number of anilines is 2. The third-order valence-corrected chi connectivity index (χ3v) is 3.95. The van der Waals surface area contributed by atoms with E-state index in [9.17, 15) is 0 Å². The van der Waals surface area contributed by atoms with Gasteiger partial charge in [0.15, 0.2) is 0 Å². The minimum atomic E-state index is 0.485. The molecule has 0 aliphatic heterocycles. The highest BCUT2D eigenvalue weighted by molar-refractivity contribution is 7.14. The van der Waals surface area contributed by atoms with E-state index in [1.54, 1.807) is 24.1 Å². The van der Waals surface area contributed by atoms with Crippen LogP contribution in [0.25, 0.3) is 0 Å². The molecule has 3 rings (SSSR count). The Morgan fingerprint density at radius 3 is 3.08 bits per heavy atom. The predicted octanol–water partition coefficient (Wildman–Crippen LogP) is 2.84. The van der Waals surface area contributed by atoms with Crippen molar-refractivity contribution in [3.8, 4) is 5.75 Å². The van der Waals surface area contributed by atoms with Gasteiger partial charge in [-0.1, -0.05) is 12.1 Å². The predicted molar refractivity (Wildman–Crippen MR) is 96.5 cm³/mol. The van der Waals surface area contributed by atoms with Gasteiger partial charge < -0.3 is 15.0 Å². The summed E-state index contributed by atoms with van der Waals surface area (Å²) in [5, 5.41) is 6.59. The summed E-state index contributed by atoms with van der Waals surface area (Å²) in [6.07, 6.45) is 8.13. The molecule has 0 unspecified atom stereocenters. The van der Waals surface area contributed by atoms with Gasteiger partial charge in [0.1, 0.15) is 11.6 Å². The summed E-state index contributed by atoms with van der Waals surface area (Å²) >= 11 is 1.40. The van der Waals surface area contributed by atoms with Crippen molar-refractivity contribution in [1.82, 2.24) is 14.5 Å². The van der Waals surface area contributed by atoms with Crippen LogP contribution in [0.3, 0.4) is 0 Å². The van der Waals surface area contributed by atoms with E-state index >= 15 is 0 Å². The van der Waals surface area contributed by atoms with E-state index in [-0.39, 0.29) is 0 Å². The lowest BCUT2D eigenvalue weighted by Crippen LogP contribution is -2.04. The minimum absolute atomic E-state index is 0.485. The summed E-state index contributed by atoms with van der Waals surface area (Å²) < 4.78 is 7.88. The Labute approximate surface area is 143 Å². The number of rotatable bonds is 8. The average Bonchev–Trinajstić information content (AvgIpc) is 3.25. The Balaban J connectivity index is 1.52. The highest BCUT2D eigenvalue weighted by Crippen LogP contribution is 2.18. The van der Waals surface area contributed by atoms with Crippen molar-refractivity contribution in [1.29, 1.82) is 0 Å². The molecule has 2 aromatic heterocycles. The molecule has 3 N–H and O–H groups in total. The van der Waals surface area contributed by atoms with Gasteiger partial charge in [-0.2, -0.15) is 5.10 Å². The molecule has 0 bridgehead atoms. The molecule has 0 saturated heterocycles. The van der Waals surface area contributed by atoms with Crippen LogP contribution in [0.5, 0.6) is 5.75 Å². The smallest absolute Gasteiger partial charge is 0.205 e. The zero-order valence-corrected chi connectivity index (χ0v) is 13.8. The number of ether oxygens (including phenoxy) is 1. The molecule has 7 nitrogen and oxygen atoms in total. The van der Waals surface area contributed by atoms with Gasteiger partial charge in [0.05, 0.1) is 19.1 Å². The number of hydrazone groups is 1. The maximum absolute atomic E-state index is 5.86. The quantitative estimate of drug-likeness (QED) is 0.373. The molecule has 0 amide bonds. The number of nitrogens with two attached hydrogens (primary N) is 1. The standard InChI is InChI=1S/C16H18N6OS/c17-15-11-24-16(20-15)21-19-10-13-4-1-2-5-14(13)23-9-3-7-22-8-6-18-12-22/h1-2,4-6,8,10-12H,3,7,9,17H2,(H,20,21). The van der Waals surface area contributed by atoms with Gasteiger partial charge in [0.2, 0.25) is 5.13 Å². The highest BCUT2D eigenvalue weighted by atomic mass is 32.1. The largest absolute Gasteiger partial charge is 0.493 e. The number of nitrogen functional groups attached to an aromatic ring is 1. The lowest BCUT2D eigenvalue weighted by molar-refractivity contribution is 0.301. The number of aryl methyl sites for hydroxylation is 1. The van der Waals surface area contributed by atoms with Crippen molar-refractivity contribution in [2.75, 3.05) is 17.8 Å². The summed E-state index contributed by atoms with van der Waals surface area (Å²) in [5.74, 6) is 1.28. The first kappa shape index (κ1) is 16.0. The Morgan fingerprint density at radius 1 is 1.38 bits per heavy atom. The molecule has 8 heteroatoms. The number of para-hydroxylation sites is 1. The van der Waals surface area contributed by atoms with Crippen LogP contribution in [0, 0.1) is 0 Å². The lowest BCUT2D eigenvalue weighted by atomic mass is 10.2. The van der Waals surface area contributed by atoms with E-state index in [0.29, 0.717) is 17.6 Å². The second kappa shape index (κ2) is 8.11. The summed E-state index contributed by atoms with van der Waals surface area (Å²) in [5.41, 5.74) is 9.33. The van der Waals surface area contributed by atoms with E-state index in [4.69, 9.17) is 10.5 Å². The lowest BCUT2D eigenvalue weighted by Gasteiger charge is -2.09. The van der Waals surface area contributed by atoms with Crippen LogP contribution in [0.4, 0.5) is 10.9 Å². The van der Waals surface area contributed by atoms with Gasteiger partial charge in [-0.05, 0) is 18.6 Å². The molecule has 0 radical (unpaired) electrons. The number of benzene rings is 1. The summed E-state index contributed by atoms with van der Waals surface area (Å²) in [6, 6.07) is 7.77. The minimum Gasteiger partial charge on any atom is -0.493 e. The Morgan fingerprint density at radius 2 is 2.29 bits per heavy atom. The third kappa shape index (κ3) is 4.56. The van der Waals surface area contributed by atoms with Gasteiger partial charge in [0, 0.05) is 29.9 Å². The van der Waals surface area contributed by atoms with Crippen LogP contribution in [0.15, 0.2) is 53.5 Å². The Kier molecular flexibility index (Phi) is 5.41. The molecular weight excluding hydrogens is 324 g/mol. The van der Waals surface area contributed by atoms with Crippen molar-refractivity contribution in [2.24, 2.45) is 5.10 Å². The second-order valence-electron chi connectivity index (χ2n) is 4.99. The van der Waals surface area contributed by atoms with E-state index < -0.39 is 0 Å². The van der Waals surface area contributed by atoms with E-state index in [0.717, 1.165) is 24.3 Å². The van der Waals surface area contributed by atoms with E-state index in [1.165, 1.54) is 11.3 Å². The molecule has 0 saturated carbocycles. The maximum Gasteiger partial charge on any atom is 0.205 e. The molecular formula is C16H18N6OS. The number of hydrogen-bond donors (Lipinski definition) is 2. The monoisotopic (exact) mass is 342 g/mol. The molecule has 3 aromatic rings. The summed E-state index contributed by atoms with van der Waals surface area (Å²) in [6.45, 7) is 1.50. The topological polar surface area (TPSA) is 90.3 Å². The second-order valence-corrected chi connectivity index (χ2v) is 5.85. The molecule has 24 heavy (non-hydrogen) atoms. The van der Waals surface area contributed by atoms with Gasteiger partial charge in [-0.15, -0.1) is 11.3 Å². The molecule has 124 valence electrons. The van der Waals surface area contributed by atoms with Crippen molar-refractivity contribution in [3.05, 3.63) is 53.9 Å². The number of aromatic nitrogens is 3. The van der Waals surface area contributed by atoms with Crippen molar-refractivity contribution < 1.29 is 4.74 Å². The zero-order valence-electron chi connectivity index (χ0n) is 13.0. The number of imidazole rings is 1. The van der Waals surface area contributed by atoms with Crippen molar-refractivity contribution in [2.45, 2.75) is 13.0 Å². The number of thiazole rings is 1. The van der Waals surface area contributed by atoms with Crippen LogP contribution >= 0.6 is 11.3 Å². The third-order valence-electron chi connectivity index (χ3n) is 3.18. The van der Waals surface area contributed by atoms with Crippen molar-refractivity contribution in [3.63, 3.8) is 0 Å². The fraction of sp³-hybridized carbons (Fsp3) is 0.188. The Hall–Kier alpha value is -2.87. The highest BCUT2D eigenvalue weighted by Gasteiger charge is 2.01. The fourth-order valence-electron chi connectivity index (χ4n) is 2.06. The first-order chi connectivity index (χ1) is 11.8. The number of nitrogens with one attached hydrogen (secondary N) is 1. The summed E-state index contributed by atoms with van der Waals surface area (Å²) in [4.78, 5) is 8.10. The van der Waals surface area contributed by atoms with Crippen LogP contribution < -0.4 is 15.9 Å². The normalized spacial score (nSPS) is 11.0. The van der Waals surface area contributed by atoms with Gasteiger partial charge in [0.25, 0.3) is 0 Å². The molecule has 0 atom stereocenters. The van der Waals surface area contributed by atoms with Gasteiger partial charge >= 0.3 is 0 Å². The van der Waals surface area contributed by atoms with Crippen LogP contribution in [-0.4, -0.2) is 27.4 Å². The molecule has 0 spiro atoms. The molecule has 0 aliphatic carbocycles. The summed E-state index contributed by atoms with van der Waals surface area (Å²) in [7, 11) is 0. The zero-order chi connectivity index (χ0) is 16.6. The average molecular weight is 342 g/mol. The number of nitrogens with zero attached hydrogens (tertiary/aromatic N) is 4. The molecule has 0 fully saturated rings. The van der Waals surface area contributed by atoms with Crippen LogP contribution in [0.2, 0.25) is 0 Å². The maximum atomic E-state index is 5.86. The SMILES string of the molecule is Nc1csc(NN=Cc2ccccc2OCCCn2ccnc2)n1. The number of hydrogen-bond acceptors (Lipinski definition) is 7. The first-order valence-electron chi connectivity index (χ1n) is 7.49. The van der Waals surface area contributed by atoms with Gasteiger partial charge in [-0.25, -0.2) is 9.97 Å². The molecule has 0 aliphatic rings. The van der Waals surface area contributed by atoms with Crippen LogP contribution in [-0.2, 0) is 6.54 Å². The fourth-order valence-corrected chi connectivity index (χ4v) is 2.61. The first-order valence-corrected chi connectivity index (χ1v) is 8.37.